The summed E-state index contributed by atoms with van der Waals surface area (Å²) in [6, 6.07) is 15.4. The van der Waals surface area contributed by atoms with Gasteiger partial charge in [0.25, 0.3) is 5.91 Å². The minimum absolute atomic E-state index is 0. The fourth-order valence-electron chi connectivity index (χ4n) is 3.52. The molecule has 5 nitrogen and oxygen atoms in total. The molecule has 1 aliphatic heterocycles. The molecule has 1 N–H and O–H groups in total. The third-order valence-electron chi connectivity index (χ3n) is 5.20. The first-order valence-corrected chi connectivity index (χ1v) is 9.87. The number of aryl methyl sites for hydroxylation is 1. The van der Waals surface area contributed by atoms with Crippen LogP contribution in [0.25, 0.3) is 0 Å². The van der Waals surface area contributed by atoms with Gasteiger partial charge in [0.2, 0.25) is 0 Å². The van der Waals surface area contributed by atoms with Crippen molar-refractivity contribution in [1.29, 1.82) is 0 Å². The number of nitrogens with one attached hydrogen (secondary N) is 1. The summed E-state index contributed by atoms with van der Waals surface area (Å²) in [6.45, 7) is 7.55. The highest BCUT2D eigenvalue weighted by Gasteiger charge is 2.31. The molecule has 1 aliphatic rings. The van der Waals surface area contributed by atoms with Crippen LogP contribution in [0.4, 0.5) is 0 Å². The Morgan fingerprint density at radius 3 is 2.59 bits per heavy atom. The lowest BCUT2D eigenvalue weighted by molar-refractivity contribution is -0.141. The SMILES string of the molecule is CCc1ccc(C2CNCCN2C(=O)C(C)Oc2cccc(C(C)=O)c2)cc1.Cl. The molecule has 3 rings (SSSR count). The average molecular weight is 417 g/mol. The number of ether oxygens (including phenoxy) is 1. The lowest BCUT2D eigenvalue weighted by Crippen LogP contribution is -2.52. The van der Waals surface area contributed by atoms with Gasteiger partial charge in [-0.1, -0.05) is 43.3 Å². The minimum Gasteiger partial charge on any atom is -0.481 e. The van der Waals surface area contributed by atoms with Crippen LogP contribution in [0.15, 0.2) is 48.5 Å². The van der Waals surface area contributed by atoms with E-state index in [0.29, 0.717) is 17.9 Å². The van der Waals surface area contributed by atoms with Crippen molar-refractivity contribution < 1.29 is 14.3 Å². The number of piperazine rings is 1. The molecule has 2 aromatic rings. The lowest BCUT2D eigenvalue weighted by Gasteiger charge is -2.38. The first kappa shape index (κ1) is 22.9. The molecule has 2 unspecified atom stereocenters. The van der Waals surface area contributed by atoms with E-state index in [0.717, 1.165) is 25.1 Å². The Morgan fingerprint density at radius 1 is 1.21 bits per heavy atom. The van der Waals surface area contributed by atoms with E-state index in [4.69, 9.17) is 4.74 Å². The van der Waals surface area contributed by atoms with Crippen molar-refractivity contribution >= 4 is 24.1 Å². The zero-order chi connectivity index (χ0) is 20.1. The highest BCUT2D eigenvalue weighted by atomic mass is 35.5. The smallest absolute Gasteiger partial charge is 0.263 e. The summed E-state index contributed by atoms with van der Waals surface area (Å²) in [7, 11) is 0. The van der Waals surface area contributed by atoms with E-state index in [2.05, 4.69) is 36.5 Å². The van der Waals surface area contributed by atoms with Gasteiger partial charge < -0.3 is 15.0 Å². The van der Waals surface area contributed by atoms with Crippen molar-refractivity contribution in [2.24, 2.45) is 0 Å². The highest BCUT2D eigenvalue weighted by Crippen LogP contribution is 2.25. The number of carbonyl (C=O) groups excluding carboxylic acids is 2. The third-order valence-corrected chi connectivity index (χ3v) is 5.20. The van der Waals surface area contributed by atoms with Crippen LogP contribution in [0.5, 0.6) is 5.75 Å². The van der Waals surface area contributed by atoms with Gasteiger partial charge in [-0.25, -0.2) is 0 Å². The number of halogens is 1. The molecule has 1 saturated heterocycles. The van der Waals surface area contributed by atoms with Crippen molar-refractivity contribution in [3.8, 4) is 5.75 Å². The molecule has 0 bridgehead atoms. The van der Waals surface area contributed by atoms with Crippen molar-refractivity contribution in [3.05, 3.63) is 65.2 Å². The number of Topliss-reactive ketones (excluding diaryl/α,β-unsaturated/α-hetero) is 1. The largest absolute Gasteiger partial charge is 0.481 e. The summed E-state index contributed by atoms with van der Waals surface area (Å²) in [5.74, 6) is 0.467. The van der Waals surface area contributed by atoms with Crippen LogP contribution in [0.1, 0.15) is 48.3 Å². The standard InChI is InChI=1S/C23H28N2O3.ClH/c1-4-18-8-10-19(11-9-18)22-15-24-12-13-25(22)23(27)17(3)28-21-7-5-6-20(14-21)16(2)26;/h5-11,14,17,22,24H,4,12-13,15H2,1-3H3;1H. The molecule has 6 heteroatoms. The summed E-state index contributed by atoms with van der Waals surface area (Å²) < 4.78 is 5.88. The van der Waals surface area contributed by atoms with Gasteiger partial charge in [-0.3, -0.25) is 9.59 Å². The van der Waals surface area contributed by atoms with E-state index in [1.54, 1.807) is 31.2 Å². The van der Waals surface area contributed by atoms with Crippen LogP contribution < -0.4 is 10.1 Å². The van der Waals surface area contributed by atoms with Gasteiger partial charge in [0.1, 0.15) is 5.75 Å². The number of amides is 1. The first-order chi connectivity index (χ1) is 13.5. The second-order valence-corrected chi connectivity index (χ2v) is 7.19. The molecular formula is C23H29ClN2O3. The summed E-state index contributed by atoms with van der Waals surface area (Å²) in [5.41, 5.74) is 2.99. The number of hydrogen-bond donors (Lipinski definition) is 1. The number of carbonyl (C=O) groups is 2. The monoisotopic (exact) mass is 416 g/mol. The van der Waals surface area contributed by atoms with Gasteiger partial charge in [0, 0.05) is 25.2 Å². The van der Waals surface area contributed by atoms with E-state index < -0.39 is 6.10 Å². The van der Waals surface area contributed by atoms with Gasteiger partial charge in [-0.05, 0) is 43.5 Å². The van der Waals surface area contributed by atoms with Crippen molar-refractivity contribution in [3.63, 3.8) is 0 Å². The maximum Gasteiger partial charge on any atom is 0.263 e. The maximum atomic E-state index is 13.1. The van der Waals surface area contributed by atoms with Gasteiger partial charge in [0.05, 0.1) is 6.04 Å². The Balaban J connectivity index is 0.00000300. The average Bonchev–Trinajstić information content (AvgIpc) is 2.73. The van der Waals surface area contributed by atoms with Gasteiger partial charge in [0.15, 0.2) is 11.9 Å². The molecule has 0 saturated carbocycles. The molecule has 0 aromatic heterocycles. The molecule has 0 aliphatic carbocycles. The van der Waals surface area contributed by atoms with Crippen LogP contribution in [0, 0.1) is 0 Å². The van der Waals surface area contributed by atoms with Crippen LogP contribution in [-0.4, -0.2) is 42.3 Å². The molecule has 29 heavy (non-hydrogen) atoms. The molecule has 0 radical (unpaired) electrons. The topological polar surface area (TPSA) is 58.6 Å². The number of benzene rings is 2. The number of rotatable bonds is 6. The van der Waals surface area contributed by atoms with Crippen molar-refractivity contribution in [1.82, 2.24) is 10.2 Å². The second kappa shape index (κ2) is 10.4. The van der Waals surface area contributed by atoms with E-state index in [-0.39, 0.29) is 30.1 Å². The molecule has 2 atom stereocenters. The molecule has 0 spiro atoms. The Hall–Kier alpha value is -2.37. The second-order valence-electron chi connectivity index (χ2n) is 7.19. The van der Waals surface area contributed by atoms with Gasteiger partial charge in [-0.15, -0.1) is 12.4 Å². The molecular weight excluding hydrogens is 388 g/mol. The highest BCUT2D eigenvalue weighted by molar-refractivity contribution is 5.94. The molecule has 1 heterocycles. The quantitative estimate of drug-likeness (QED) is 0.727. The molecule has 1 amide bonds. The van der Waals surface area contributed by atoms with E-state index in [1.807, 2.05) is 4.90 Å². The van der Waals surface area contributed by atoms with Crippen LogP contribution in [-0.2, 0) is 11.2 Å². The third kappa shape index (κ3) is 5.58. The molecule has 2 aromatic carbocycles. The Kier molecular flexibility index (Phi) is 8.23. The van der Waals surface area contributed by atoms with Crippen molar-refractivity contribution in [2.45, 2.75) is 39.3 Å². The van der Waals surface area contributed by atoms with E-state index in [1.165, 1.54) is 12.5 Å². The van der Waals surface area contributed by atoms with Gasteiger partial charge in [-0.2, -0.15) is 0 Å². The zero-order valence-corrected chi connectivity index (χ0v) is 18.0. The van der Waals surface area contributed by atoms with Crippen LogP contribution >= 0.6 is 12.4 Å². The number of hydrogen-bond acceptors (Lipinski definition) is 4. The Morgan fingerprint density at radius 2 is 1.93 bits per heavy atom. The van der Waals surface area contributed by atoms with Gasteiger partial charge >= 0.3 is 0 Å². The molecule has 156 valence electrons. The summed E-state index contributed by atoms with van der Waals surface area (Å²) in [4.78, 5) is 26.6. The number of ketones is 1. The summed E-state index contributed by atoms with van der Waals surface area (Å²) >= 11 is 0. The van der Waals surface area contributed by atoms with E-state index >= 15 is 0 Å². The number of nitrogens with zero attached hydrogens (tertiary/aromatic N) is 1. The van der Waals surface area contributed by atoms with Crippen molar-refractivity contribution in [2.75, 3.05) is 19.6 Å². The maximum absolute atomic E-state index is 13.1. The zero-order valence-electron chi connectivity index (χ0n) is 17.2. The van der Waals surface area contributed by atoms with Crippen LogP contribution in [0.2, 0.25) is 0 Å². The minimum atomic E-state index is -0.627. The van der Waals surface area contributed by atoms with E-state index in [9.17, 15) is 9.59 Å². The lowest BCUT2D eigenvalue weighted by atomic mass is 10.0. The Labute approximate surface area is 178 Å². The summed E-state index contributed by atoms with van der Waals surface area (Å²) in [5, 5.41) is 3.38. The first-order valence-electron chi connectivity index (χ1n) is 9.87. The Bertz CT molecular complexity index is 838. The normalized spacial score (nSPS) is 17.2. The molecule has 1 fully saturated rings. The predicted octanol–water partition coefficient (Wildman–Crippen LogP) is 3.81. The summed E-state index contributed by atoms with van der Waals surface area (Å²) in [6.07, 6.45) is 0.369. The fourth-order valence-corrected chi connectivity index (χ4v) is 3.52. The van der Waals surface area contributed by atoms with Crippen LogP contribution in [0.3, 0.4) is 0 Å². The predicted molar refractivity (Wildman–Crippen MR) is 117 cm³/mol. The fraction of sp³-hybridized carbons (Fsp3) is 0.391.